The Balaban J connectivity index is 0.00000264. The average molecular weight is 493 g/mol. The quantitative estimate of drug-likeness (QED) is 0.405. The molecule has 0 spiro atoms. The number of aryl methyl sites for hydroxylation is 1. The van der Waals surface area contributed by atoms with Crippen molar-refractivity contribution in [2.75, 3.05) is 14.1 Å². The molecule has 2 rings (SSSR count). The molecule has 126 valence electrons. The first kappa shape index (κ1) is 19.9. The summed E-state index contributed by atoms with van der Waals surface area (Å²) in [6.45, 7) is 3.31. The van der Waals surface area contributed by atoms with Gasteiger partial charge in [0.1, 0.15) is 5.82 Å². The fraction of sp³-hybridized carbons (Fsp3) is 0.400. The van der Waals surface area contributed by atoms with E-state index in [-0.39, 0.29) is 24.0 Å². The average Bonchev–Trinajstić information content (AvgIpc) is 2.82. The van der Waals surface area contributed by atoms with Gasteiger partial charge in [-0.3, -0.25) is 4.99 Å². The molecule has 0 aliphatic heterocycles. The highest BCUT2D eigenvalue weighted by Crippen LogP contribution is 2.11. The zero-order valence-corrected chi connectivity index (χ0v) is 17.7. The van der Waals surface area contributed by atoms with Gasteiger partial charge in [-0.05, 0) is 24.6 Å². The van der Waals surface area contributed by atoms with Gasteiger partial charge < -0.3 is 14.8 Å². The van der Waals surface area contributed by atoms with Crippen LogP contribution in [0.4, 0.5) is 0 Å². The highest BCUT2D eigenvalue weighted by molar-refractivity contribution is 14.0. The third kappa shape index (κ3) is 5.45. The summed E-state index contributed by atoms with van der Waals surface area (Å²) in [6, 6.07) is 8.28. The van der Waals surface area contributed by atoms with Crippen LogP contribution < -0.4 is 5.32 Å². The largest absolute Gasteiger partial charge is 0.349 e. The van der Waals surface area contributed by atoms with Gasteiger partial charge in [0.25, 0.3) is 0 Å². The molecule has 0 aliphatic carbocycles. The van der Waals surface area contributed by atoms with Crippen molar-refractivity contribution in [3.8, 4) is 0 Å². The molecule has 0 aliphatic rings. The van der Waals surface area contributed by atoms with Crippen molar-refractivity contribution in [1.82, 2.24) is 25.0 Å². The van der Waals surface area contributed by atoms with Crippen LogP contribution in [0.2, 0.25) is 0 Å². The minimum absolute atomic E-state index is 0. The molecule has 0 atom stereocenters. The highest BCUT2D eigenvalue weighted by Gasteiger charge is 2.09. The second kappa shape index (κ2) is 9.21. The second-order valence-electron chi connectivity index (χ2n) is 5.11. The highest BCUT2D eigenvalue weighted by atomic mass is 127. The van der Waals surface area contributed by atoms with E-state index in [1.165, 1.54) is 5.56 Å². The molecule has 1 aromatic carbocycles. The Hall–Kier alpha value is -1.16. The maximum Gasteiger partial charge on any atom is 0.194 e. The zero-order valence-electron chi connectivity index (χ0n) is 13.7. The number of aliphatic imine (C=N–C) groups is 1. The van der Waals surface area contributed by atoms with Crippen LogP contribution in [0.1, 0.15) is 17.2 Å². The fourth-order valence-corrected chi connectivity index (χ4v) is 2.35. The molecular formula is C15H22BrIN6. The Morgan fingerprint density at radius 1 is 1.30 bits per heavy atom. The van der Waals surface area contributed by atoms with Gasteiger partial charge in [-0.2, -0.15) is 0 Å². The first-order valence-electron chi connectivity index (χ1n) is 7.02. The van der Waals surface area contributed by atoms with E-state index < -0.39 is 0 Å². The smallest absolute Gasteiger partial charge is 0.194 e. The summed E-state index contributed by atoms with van der Waals surface area (Å²) in [5.41, 5.74) is 1.23. The lowest BCUT2D eigenvalue weighted by Gasteiger charge is -2.22. The molecule has 0 radical (unpaired) electrons. The van der Waals surface area contributed by atoms with Gasteiger partial charge >= 0.3 is 0 Å². The van der Waals surface area contributed by atoms with Crippen LogP contribution in [0.5, 0.6) is 0 Å². The van der Waals surface area contributed by atoms with Gasteiger partial charge in [-0.25, -0.2) is 0 Å². The van der Waals surface area contributed by atoms with E-state index in [0.29, 0.717) is 6.54 Å². The Labute approximate surface area is 162 Å². The lowest BCUT2D eigenvalue weighted by atomic mass is 10.2. The summed E-state index contributed by atoms with van der Waals surface area (Å²) in [5.74, 6) is 2.61. The van der Waals surface area contributed by atoms with Crippen LogP contribution in [0.25, 0.3) is 0 Å². The van der Waals surface area contributed by atoms with Crippen LogP contribution in [-0.2, 0) is 20.1 Å². The summed E-state index contributed by atoms with van der Waals surface area (Å²) < 4.78 is 3.05. The molecule has 2 aromatic rings. The van der Waals surface area contributed by atoms with Gasteiger partial charge in [0.15, 0.2) is 11.8 Å². The molecule has 1 N–H and O–H groups in total. The molecule has 1 heterocycles. The van der Waals surface area contributed by atoms with E-state index in [9.17, 15) is 0 Å². The SMILES string of the molecule is CN=C(NCc1nnc(C)n1C)N(C)Cc1ccc(Br)cc1.I. The molecular weight excluding hydrogens is 471 g/mol. The molecule has 0 saturated heterocycles. The van der Waals surface area contributed by atoms with Gasteiger partial charge in [-0.1, -0.05) is 28.1 Å². The monoisotopic (exact) mass is 492 g/mol. The van der Waals surface area contributed by atoms with Crippen LogP contribution >= 0.6 is 39.9 Å². The Morgan fingerprint density at radius 2 is 1.96 bits per heavy atom. The number of hydrogen-bond acceptors (Lipinski definition) is 3. The van der Waals surface area contributed by atoms with E-state index in [1.54, 1.807) is 7.05 Å². The fourth-order valence-electron chi connectivity index (χ4n) is 2.09. The molecule has 23 heavy (non-hydrogen) atoms. The molecule has 1 aromatic heterocycles. The molecule has 8 heteroatoms. The summed E-state index contributed by atoms with van der Waals surface area (Å²) in [4.78, 5) is 6.39. The molecule has 0 unspecified atom stereocenters. The van der Waals surface area contributed by atoms with Crippen molar-refractivity contribution in [2.24, 2.45) is 12.0 Å². The number of nitrogens with zero attached hydrogens (tertiary/aromatic N) is 5. The van der Waals surface area contributed by atoms with Crippen molar-refractivity contribution in [3.63, 3.8) is 0 Å². The number of hydrogen-bond donors (Lipinski definition) is 1. The number of rotatable bonds is 4. The summed E-state index contributed by atoms with van der Waals surface area (Å²) in [5, 5.41) is 11.5. The maximum absolute atomic E-state index is 4.32. The Kier molecular flexibility index (Phi) is 7.97. The Bertz CT molecular complexity index is 652. The van der Waals surface area contributed by atoms with Gasteiger partial charge in [-0.15, -0.1) is 34.2 Å². The minimum Gasteiger partial charge on any atom is -0.349 e. The molecule has 6 nitrogen and oxygen atoms in total. The van der Waals surface area contributed by atoms with Crippen LogP contribution in [0, 0.1) is 6.92 Å². The van der Waals surface area contributed by atoms with Crippen molar-refractivity contribution >= 4 is 45.9 Å². The lowest BCUT2D eigenvalue weighted by molar-refractivity contribution is 0.474. The first-order valence-corrected chi connectivity index (χ1v) is 7.81. The second-order valence-corrected chi connectivity index (χ2v) is 6.02. The third-order valence-corrected chi connectivity index (χ3v) is 4.02. The Morgan fingerprint density at radius 3 is 2.48 bits per heavy atom. The predicted octanol–water partition coefficient (Wildman–Crippen LogP) is 2.71. The summed E-state index contributed by atoms with van der Waals surface area (Å²) >= 11 is 3.45. The van der Waals surface area contributed by atoms with Gasteiger partial charge in [0.05, 0.1) is 6.54 Å². The van der Waals surface area contributed by atoms with Crippen molar-refractivity contribution in [3.05, 3.63) is 46.0 Å². The van der Waals surface area contributed by atoms with E-state index in [2.05, 4.69) is 53.5 Å². The molecule has 0 amide bonds. The number of aromatic nitrogens is 3. The van der Waals surface area contributed by atoms with E-state index in [1.807, 2.05) is 37.7 Å². The zero-order chi connectivity index (χ0) is 16.1. The van der Waals surface area contributed by atoms with E-state index in [0.717, 1.165) is 28.6 Å². The van der Waals surface area contributed by atoms with E-state index >= 15 is 0 Å². The number of guanidine groups is 1. The van der Waals surface area contributed by atoms with Gasteiger partial charge in [0, 0.05) is 32.2 Å². The van der Waals surface area contributed by atoms with Crippen LogP contribution in [0.15, 0.2) is 33.7 Å². The number of nitrogens with one attached hydrogen (secondary N) is 1. The number of halogens is 2. The topological polar surface area (TPSA) is 58.3 Å². The molecule has 0 bridgehead atoms. The summed E-state index contributed by atoms with van der Waals surface area (Å²) in [6.07, 6.45) is 0. The molecule has 0 fully saturated rings. The van der Waals surface area contributed by atoms with Crippen molar-refractivity contribution in [1.29, 1.82) is 0 Å². The maximum atomic E-state index is 4.32. The van der Waals surface area contributed by atoms with Crippen LogP contribution in [-0.4, -0.2) is 39.7 Å². The van der Waals surface area contributed by atoms with Gasteiger partial charge in [0.2, 0.25) is 0 Å². The summed E-state index contributed by atoms with van der Waals surface area (Å²) in [7, 11) is 5.75. The van der Waals surface area contributed by atoms with Crippen molar-refractivity contribution < 1.29 is 0 Å². The third-order valence-electron chi connectivity index (χ3n) is 3.49. The molecule has 0 saturated carbocycles. The van der Waals surface area contributed by atoms with Crippen molar-refractivity contribution in [2.45, 2.75) is 20.0 Å². The predicted molar refractivity (Wildman–Crippen MR) is 107 cm³/mol. The lowest BCUT2D eigenvalue weighted by Crippen LogP contribution is -2.38. The van der Waals surface area contributed by atoms with Crippen LogP contribution in [0.3, 0.4) is 0 Å². The minimum atomic E-state index is 0. The number of benzene rings is 1. The normalized spacial score (nSPS) is 11.1. The van der Waals surface area contributed by atoms with E-state index in [4.69, 9.17) is 0 Å². The standard InChI is InChI=1S/C15H21BrN6.HI/c1-11-19-20-14(22(11)4)9-18-15(17-2)21(3)10-12-5-7-13(16)8-6-12;/h5-8H,9-10H2,1-4H3,(H,17,18);1H. The first-order chi connectivity index (χ1) is 10.5.